The Balaban J connectivity index is 2.65. The third-order valence-electron chi connectivity index (χ3n) is 2.35. The summed E-state index contributed by atoms with van der Waals surface area (Å²) < 4.78 is 8.59. The zero-order chi connectivity index (χ0) is 10.8. The van der Waals surface area contributed by atoms with Gasteiger partial charge in [0.1, 0.15) is 10.4 Å². The summed E-state index contributed by atoms with van der Waals surface area (Å²) in [6.45, 7) is 2.65. The minimum absolute atomic E-state index is 0.603. The van der Waals surface area contributed by atoms with Gasteiger partial charge in [-0.05, 0) is 24.5 Å². The first-order valence-electron chi connectivity index (χ1n) is 4.65. The summed E-state index contributed by atoms with van der Waals surface area (Å²) in [6, 6.07) is 4.17. The lowest BCUT2D eigenvalue weighted by Gasteiger charge is -2.02. The quantitative estimate of drug-likeness (QED) is 0.556. The SMILES string of the molecule is C#CC[n+]1csc2cc(C)c(OC)cc21. The molecule has 0 radical (unpaired) electrons. The molecule has 15 heavy (non-hydrogen) atoms. The van der Waals surface area contributed by atoms with E-state index in [4.69, 9.17) is 11.2 Å². The van der Waals surface area contributed by atoms with Crippen molar-refractivity contribution in [2.75, 3.05) is 7.11 Å². The molecule has 0 saturated heterocycles. The second kappa shape index (κ2) is 3.92. The number of ether oxygens (including phenoxy) is 1. The standard InChI is InChI=1S/C12H12NOS/c1-4-5-13-8-15-12-6-9(2)11(14-3)7-10(12)13/h1,6-8H,5H2,2-3H3/q+1. The summed E-state index contributed by atoms with van der Waals surface area (Å²) in [6.07, 6.45) is 5.31. The van der Waals surface area contributed by atoms with E-state index >= 15 is 0 Å². The number of hydrogen-bond acceptors (Lipinski definition) is 2. The van der Waals surface area contributed by atoms with Gasteiger partial charge in [-0.15, -0.1) is 6.42 Å². The van der Waals surface area contributed by atoms with Gasteiger partial charge in [-0.3, -0.25) is 0 Å². The molecule has 0 atom stereocenters. The van der Waals surface area contributed by atoms with Crippen molar-refractivity contribution in [2.24, 2.45) is 0 Å². The monoisotopic (exact) mass is 218 g/mol. The van der Waals surface area contributed by atoms with Crippen LogP contribution in [0.25, 0.3) is 10.2 Å². The number of rotatable bonds is 2. The minimum Gasteiger partial charge on any atom is -0.496 e. The van der Waals surface area contributed by atoms with E-state index in [1.54, 1.807) is 18.4 Å². The molecule has 2 aromatic rings. The van der Waals surface area contributed by atoms with Crippen LogP contribution in [0.4, 0.5) is 0 Å². The molecule has 0 aliphatic carbocycles. The Hall–Kier alpha value is -1.53. The van der Waals surface area contributed by atoms with Crippen molar-refractivity contribution in [2.45, 2.75) is 13.5 Å². The molecule has 0 fully saturated rings. The first kappa shape index (κ1) is 10.0. The maximum absolute atomic E-state index is 5.31. The fourth-order valence-corrected chi connectivity index (χ4v) is 2.56. The molecule has 0 spiro atoms. The molecule has 0 unspecified atom stereocenters. The maximum atomic E-state index is 5.31. The van der Waals surface area contributed by atoms with E-state index in [1.165, 1.54) is 4.70 Å². The van der Waals surface area contributed by atoms with Gasteiger partial charge in [0.05, 0.1) is 13.2 Å². The first-order valence-corrected chi connectivity index (χ1v) is 5.53. The third-order valence-corrected chi connectivity index (χ3v) is 3.30. The zero-order valence-electron chi connectivity index (χ0n) is 8.78. The fourth-order valence-electron chi connectivity index (χ4n) is 1.59. The van der Waals surface area contributed by atoms with Crippen LogP contribution in [0, 0.1) is 19.3 Å². The van der Waals surface area contributed by atoms with Crippen LogP contribution < -0.4 is 9.30 Å². The highest BCUT2D eigenvalue weighted by atomic mass is 32.1. The van der Waals surface area contributed by atoms with Gasteiger partial charge in [-0.2, -0.15) is 4.57 Å². The topological polar surface area (TPSA) is 13.1 Å². The van der Waals surface area contributed by atoms with Crippen LogP contribution in [0.5, 0.6) is 5.75 Å². The van der Waals surface area contributed by atoms with Crippen LogP contribution in [0.2, 0.25) is 0 Å². The van der Waals surface area contributed by atoms with Crippen LogP contribution >= 0.6 is 11.3 Å². The van der Waals surface area contributed by atoms with E-state index in [0.717, 1.165) is 16.8 Å². The number of nitrogens with zero attached hydrogens (tertiary/aromatic N) is 1. The lowest BCUT2D eigenvalue weighted by Crippen LogP contribution is -2.30. The Labute approximate surface area is 93.1 Å². The first-order chi connectivity index (χ1) is 7.26. The Morgan fingerprint density at radius 2 is 2.33 bits per heavy atom. The smallest absolute Gasteiger partial charge is 0.228 e. The lowest BCUT2D eigenvalue weighted by atomic mass is 10.2. The van der Waals surface area contributed by atoms with Crippen LogP contribution in [0.3, 0.4) is 0 Å². The second-order valence-corrected chi connectivity index (χ2v) is 4.23. The molecule has 0 saturated carbocycles. The molecule has 76 valence electrons. The van der Waals surface area contributed by atoms with Crippen molar-refractivity contribution in [3.05, 3.63) is 23.2 Å². The van der Waals surface area contributed by atoms with Crippen molar-refractivity contribution in [1.82, 2.24) is 0 Å². The molecule has 0 amide bonds. The van der Waals surface area contributed by atoms with E-state index in [-0.39, 0.29) is 0 Å². The molecule has 3 heteroatoms. The van der Waals surface area contributed by atoms with E-state index in [2.05, 4.69) is 16.6 Å². The Morgan fingerprint density at radius 1 is 1.53 bits per heavy atom. The van der Waals surface area contributed by atoms with Crippen LogP contribution in [0.15, 0.2) is 17.6 Å². The highest BCUT2D eigenvalue weighted by molar-refractivity contribution is 7.16. The molecule has 1 aromatic heterocycles. The Bertz CT molecular complexity index is 536. The van der Waals surface area contributed by atoms with Gasteiger partial charge in [-0.25, -0.2) is 0 Å². The van der Waals surface area contributed by atoms with E-state index < -0.39 is 0 Å². The Morgan fingerprint density at radius 3 is 3.00 bits per heavy atom. The predicted octanol–water partition coefficient (Wildman–Crippen LogP) is 2.14. The Kier molecular flexibility index (Phi) is 2.61. The zero-order valence-corrected chi connectivity index (χ0v) is 9.60. The van der Waals surface area contributed by atoms with Crippen molar-refractivity contribution in [1.29, 1.82) is 0 Å². The summed E-state index contributed by atoms with van der Waals surface area (Å²) in [5.74, 6) is 3.55. The number of thiazole rings is 1. The van der Waals surface area contributed by atoms with Gasteiger partial charge >= 0.3 is 0 Å². The number of benzene rings is 1. The van der Waals surface area contributed by atoms with Gasteiger partial charge < -0.3 is 4.74 Å². The van der Waals surface area contributed by atoms with Gasteiger partial charge in [0.25, 0.3) is 0 Å². The summed E-state index contributed by atoms with van der Waals surface area (Å²) >= 11 is 1.70. The maximum Gasteiger partial charge on any atom is 0.228 e. The third kappa shape index (κ3) is 1.69. The summed E-state index contributed by atoms with van der Waals surface area (Å²) in [7, 11) is 1.69. The second-order valence-electron chi connectivity index (χ2n) is 3.34. The van der Waals surface area contributed by atoms with Crippen molar-refractivity contribution in [3.8, 4) is 18.1 Å². The normalized spacial score (nSPS) is 10.2. The average Bonchev–Trinajstić information content (AvgIpc) is 2.60. The number of fused-ring (bicyclic) bond motifs is 1. The van der Waals surface area contributed by atoms with Crippen LogP contribution in [-0.2, 0) is 6.54 Å². The molecule has 2 rings (SSSR count). The largest absolute Gasteiger partial charge is 0.496 e. The highest BCUT2D eigenvalue weighted by Gasteiger charge is 2.13. The molecular formula is C12H12NOS+. The number of methoxy groups -OCH3 is 1. The van der Waals surface area contributed by atoms with Crippen molar-refractivity contribution < 1.29 is 9.30 Å². The van der Waals surface area contributed by atoms with Gasteiger partial charge in [0.15, 0.2) is 0 Å². The lowest BCUT2D eigenvalue weighted by molar-refractivity contribution is -0.654. The predicted molar refractivity (Wildman–Crippen MR) is 62.1 cm³/mol. The van der Waals surface area contributed by atoms with E-state index in [1.807, 2.05) is 18.5 Å². The van der Waals surface area contributed by atoms with Gasteiger partial charge in [-0.1, -0.05) is 11.3 Å². The molecule has 1 heterocycles. The summed E-state index contributed by atoms with van der Waals surface area (Å²) in [4.78, 5) is 0. The fraction of sp³-hybridized carbons (Fsp3) is 0.250. The molecule has 0 bridgehead atoms. The highest BCUT2D eigenvalue weighted by Crippen LogP contribution is 2.25. The van der Waals surface area contributed by atoms with Crippen molar-refractivity contribution in [3.63, 3.8) is 0 Å². The number of hydrogen-bond donors (Lipinski definition) is 0. The minimum atomic E-state index is 0.603. The molecule has 2 nitrogen and oxygen atoms in total. The molecule has 1 aromatic carbocycles. The summed E-state index contributed by atoms with van der Waals surface area (Å²) in [5, 5.41) is 0. The molecular weight excluding hydrogens is 206 g/mol. The van der Waals surface area contributed by atoms with E-state index in [0.29, 0.717) is 6.54 Å². The van der Waals surface area contributed by atoms with Gasteiger partial charge in [0, 0.05) is 0 Å². The molecule has 0 N–H and O–H groups in total. The number of terminal acetylenes is 1. The van der Waals surface area contributed by atoms with Crippen LogP contribution in [0.1, 0.15) is 5.56 Å². The number of aryl methyl sites for hydroxylation is 1. The van der Waals surface area contributed by atoms with Gasteiger partial charge in [0.2, 0.25) is 17.6 Å². The molecule has 0 aliphatic rings. The number of aromatic nitrogens is 1. The average molecular weight is 218 g/mol. The summed E-state index contributed by atoms with van der Waals surface area (Å²) in [5.41, 5.74) is 4.34. The van der Waals surface area contributed by atoms with Crippen LogP contribution in [-0.4, -0.2) is 7.11 Å². The van der Waals surface area contributed by atoms with Crippen molar-refractivity contribution >= 4 is 21.6 Å². The van der Waals surface area contributed by atoms with E-state index in [9.17, 15) is 0 Å². The molecule has 0 aliphatic heterocycles.